The Kier molecular flexibility index (Phi) is 6.56. The van der Waals surface area contributed by atoms with Gasteiger partial charge in [-0.2, -0.15) is 0 Å². The number of carbonyl (C=O) groups is 1. The molecule has 0 saturated heterocycles. The molecule has 0 amide bonds. The van der Waals surface area contributed by atoms with Gasteiger partial charge >= 0.3 is 5.97 Å². The topological polar surface area (TPSA) is 46.5 Å². The van der Waals surface area contributed by atoms with E-state index in [9.17, 15) is 9.90 Å². The first-order chi connectivity index (χ1) is 8.21. The number of carboxylic acids is 1. The molecule has 0 atom stereocenters. The predicted octanol–water partition coefficient (Wildman–Crippen LogP) is 3.76. The average Bonchev–Trinajstić information content (AvgIpc) is 2.55. The molecule has 1 rings (SSSR count). The van der Waals surface area contributed by atoms with E-state index in [0.717, 1.165) is 38.5 Å². The monoisotopic (exact) mass is 242 g/mol. The fourth-order valence-electron chi connectivity index (χ4n) is 2.52. The van der Waals surface area contributed by atoms with Crippen LogP contribution in [0.15, 0.2) is 0 Å². The van der Waals surface area contributed by atoms with Crippen LogP contribution in [0, 0.1) is 0 Å². The van der Waals surface area contributed by atoms with E-state index in [0.29, 0.717) is 19.4 Å². The maximum absolute atomic E-state index is 11.4. The molecule has 3 nitrogen and oxygen atoms in total. The van der Waals surface area contributed by atoms with Crippen LogP contribution in [-0.4, -0.2) is 23.3 Å². The summed E-state index contributed by atoms with van der Waals surface area (Å²) in [4.78, 5) is 11.4. The van der Waals surface area contributed by atoms with Gasteiger partial charge in [0.2, 0.25) is 0 Å². The third-order valence-corrected chi connectivity index (χ3v) is 3.68. The van der Waals surface area contributed by atoms with E-state index in [1.807, 2.05) is 0 Å². The maximum atomic E-state index is 11.4. The molecule has 0 aromatic heterocycles. The number of hydrogen-bond donors (Lipinski definition) is 1. The molecule has 0 bridgehead atoms. The molecule has 0 aromatic carbocycles. The highest BCUT2D eigenvalue weighted by atomic mass is 16.5. The number of unbranched alkanes of at least 4 members (excludes halogenated alkanes) is 3. The summed E-state index contributed by atoms with van der Waals surface area (Å²) in [5.74, 6) is -0.755. The zero-order valence-electron chi connectivity index (χ0n) is 11.0. The van der Waals surface area contributed by atoms with Gasteiger partial charge in [0, 0.05) is 6.61 Å². The zero-order valence-corrected chi connectivity index (χ0v) is 11.0. The third-order valence-electron chi connectivity index (χ3n) is 3.68. The molecule has 0 spiro atoms. The largest absolute Gasteiger partial charge is 0.479 e. The normalized spacial score (nSPS) is 19.8. The Balaban J connectivity index is 2.38. The van der Waals surface area contributed by atoms with E-state index in [1.165, 1.54) is 12.8 Å². The summed E-state index contributed by atoms with van der Waals surface area (Å²) >= 11 is 0. The first-order valence-corrected chi connectivity index (χ1v) is 7.08. The molecule has 0 aromatic rings. The Morgan fingerprint density at radius 3 is 2.29 bits per heavy atom. The lowest BCUT2D eigenvalue weighted by atomic mass is 9.94. The lowest BCUT2D eigenvalue weighted by Crippen LogP contribution is -2.41. The van der Waals surface area contributed by atoms with Crippen LogP contribution in [0.1, 0.15) is 71.1 Å². The molecule has 1 aliphatic rings. The van der Waals surface area contributed by atoms with E-state index in [1.54, 1.807) is 0 Å². The van der Waals surface area contributed by atoms with Crippen LogP contribution < -0.4 is 0 Å². The molecule has 1 aliphatic carbocycles. The minimum atomic E-state index is -0.872. The highest BCUT2D eigenvalue weighted by Crippen LogP contribution is 2.31. The van der Waals surface area contributed by atoms with Crippen LogP contribution in [-0.2, 0) is 9.53 Å². The first kappa shape index (κ1) is 14.5. The van der Waals surface area contributed by atoms with Crippen molar-refractivity contribution in [3.8, 4) is 0 Å². The second kappa shape index (κ2) is 7.70. The molecule has 0 heterocycles. The smallest absolute Gasteiger partial charge is 0.335 e. The van der Waals surface area contributed by atoms with Gasteiger partial charge in [0.05, 0.1) is 0 Å². The van der Waals surface area contributed by atoms with Crippen LogP contribution in [0.25, 0.3) is 0 Å². The highest BCUT2D eigenvalue weighted by Gasteiger charge is 2.39. The van der Waals surface area contributed by atoms with Gasteiger partial charge < -0.3 is 9.84 Å². The van der Waals surface area contributed by atoms with Crippen molar-refractivity contribution in [1.29, 1.82) is 0 Å². The SMILES string of the molecule is CCCCCCOC1(C(=O)O)CCCCCC1. The van der Waals surface area contributed by atoms with Gasteiger partial charge in [-0.15, -0.1) is 0 Å². The number of rotatable bonds is 7. The maximum Gasteiger partial charge on any atom is 0.335 e. The molecule has 100 valence electrons. The van der Waals surface area contributed by atoms with Crippen LogP contribution >= 0.6 is 0 Å². The van der Waals surface area contributed by atoms with E-state index < -0.39 is 11.6 Å². The average molecular weight is 242 g/mol. The number of aliphatic carboxylic acids is 1. The Morgan fingerprint density at radius 2 is 1.76 bits per heavy atom. The van der Waals surface area contributed by atoms with Gasteiger partial charge in [0.25, 0.3) is 0 Å². The summed E-state index contributed by atoms with van der Waals surface area (Å²) in [6.07, 6.45) is 10.2. The van der Waals surface area contributed by atoms with E-state index >= 15 is 0 Å². The summed E-state index contributed by atoms with van der Waals surface area (Å²) in [6.45, 7) is 2.77. The Bertz CT molecular complexity index is 218. The van der Waals surface area contributed by atoms with Crippen molar-refractivity contribution in [2.24, 2.45) is 0 Å². The molecule has 1 N–H and O–H groups in total. The molecule has 1 saturated carbocycles. The molecular weight excluding hydrogens is 216 g/mol. The second-order valence-corrected chi connectivity index (χ2v) is 5.12. The quantitative estimate of drug-likeness (QED) is 0.546. The molecule has 0 aliphatic heterocycles. The van der Waals surface area contributed by atoms with Gasteiger partial charge in [0.15, 0.2) is 5.60 Å². The van der Waals surface area contributed by atoms with E-state index in [-0.39, 0.29) is 0 Å². The summed E-state index contributed by atoms with van der Waals surface area (Å²) in [5.41, 5.74) is -0.872. The first-order valence-electron chi connectivity index (χ1n) is 7.08. The zero-order chi connectivity index (χ0) is 12.6. The Hall–Kier alpha value is -0.570. The Morgan fingerprint density at radius 1 is 1.12 bits per heavy atom. The lowest BCUT2D eigenvalue weighted by molar-refractivity contribution is -0.168. The number of hydrogen-bond acceptors (Lipinski definition) is 2. The van der Waals surface area contributed by atoms with E-state index in [2.05, 4.69) is 6.92 Å². The van der Waals surface area contributed by atoms with Gasteiger partial charge in [0.1, 0.15) is 0 Å². The molecule has 1 fully saturated rings. The van der Waals surface area contributed by atoms with Gasteiger partial charge in [-0.25, -0.2) is 4.79 Å². The van der Waals surface area contributed by atoms with Crippen molar-refractivity contribution in [2.45, 2.75) is 76.7 Å². The lowest BCUT2D eigenvalue weighted by Gasteiger charge is -2.28. The van der Waals surface area contributed by atoms with Gasteiger partial charge in [-0.1, -0.05) is 39.0 Å². The molecule has 3 heteroatoms. The van der Waals surface area contributed by atoms with Crippen LogP contribution in [0.3, 0.4) is 0 Å². The van der Waals surface area contributed by atoms with Crippen molar-refractivity contribution >= 4 is 5.97 Å². The van der Waals surface area contributed by atoms with Crippen LogP contribution in [0.4, 0.5) is 0 Å². The van der Waals surface area contributed by atoms with Crippen LogP contribution in [0.5, 0.6) is 0 Å². The fraction of sp³-hybridized carbons (Fsp3) is 0.929. The summed E-state index contributed by atoms with van der Waals surface area (Å²) in [7, 11) is 0. The highest BCUT2D eigenvalue weighted by molar-refractivity contribution is 5.77. The summed E-state index contributed by atoms with van der Waals surface area (Å²) in [5, 5.41) is 9.39. The standard InChI is InChI=1S/C14H26O3/c1-2-3-4-9-12-17-14(13(15)16)10-7-5-6-8-11-14/h2-12H2,1H3,(H,15,16). The van der Waals surface area contributed by atoms with Crippen molar-refractivity contribution in [1.82, 2.24) is 0 Å². The van der Waals surface area contributed by atoms with E-state index in [4.69, 9.17) is 4.74 Å². The predicted molar refractivity (Wildman–Crippen MR) is 68.2 cm³/mol. The molecule has 0 radical (unpaired) electrons. The molecular formula is C14H26O3. The summed E-state index contributed by atoms with van der Waals surface area (Å²) < 4.78 is 5.76. The van der Waals surface area contributed by atoms with Crippen molar-refractivity contribution in [2.75, 3.05) is 6.61 Å². The second-order valence-electron chi connectivity index (χ2n) is 5.12. The number of ether oxygens (including phenoxy) is 1. The van der Waals surface area contributed by atoms with Crippen molar-refractivity contribution in [3.63, 3.8) is 0 Å². The fourth-order valence-corrected chi connectivity index (χ4v) is 2.52. The van der Waals surface area contributed by atoms with Crippen molar-refractivity contribution in [3.05, 3.63) is 0 Å². The summed E-state index contributed by atoms with van der Waals surface area (Å²) in [6, 6.07) is 0. The van der Waals surface area contributed by atoms with Crippen LogP contribution in [0.2, 0.25) is 0 Å². The molecule has 17 heavy (non-hydrogen) atoms. The third kappa shape index (κ3) is 4.66. The van der Waals surface area contributed by atoms with Gasteiger partial charge in [-0.05, 0) is 32.1 Å². The Labute approximate surface area is 105 Å². The molecule has 0 unspecified atom stereocenters. The van der Waals surface area contributed by atoms with Gasteiger partial charge in [-0.3, -0.25) is 0 Å². The number of carboxylic acid groups (broad SMARTS) is 1. The van der Waals surface area contributed by atoms with Crippen molar-refractivity contribution < 1.29 is 14.6 Å². The minimum absolute atomic E-state index is 0.603. The minimum Gasteiger partial charge on any atom is -0.479 e.